The second-order valence-electron chi connectivity index (χ2n) is 5.70. The molecular weight excluding hydrogens is 350 g/mol. The third-order valence-corrected chi connectivity index (χ3v) is 4.90. The predicted molar refractivity (Wildman–Crippen MR) is 100 cm³/mol. The summed E-state index contributed by atoms with van der Waals surface area (Å²) >= 11 is 1.61. The van der Waals surface area contributed by atoms with Gasteiger partial charge in [-0.25, -0.2) is 9.78 Å². The Labute approximate surface area is 152 Å². The number of benzene rings is 1. The van der Waals surface area contributed by atoms with Crippen molar-refractivity contribution in [3.8, 4) is 10.6 Å². The molecule has 0 bridgehead atoms. The first kappa shape index (κ1) is 16.3. The molecule has 0 aliphatic heterocycles. The van der Waals surface area contributed by atoms with Crippen molar-refractivity contribution in [2.45, 2.75) is 6.42 Å². The fourth-order valence-corrected chi connectivity index (χ4v) is 3.50. The number of carbonyl (C=O) groups excluding carboxylic acids is 1. The second kappa shape index (κ2) is 6.97. The molecule has 0 atom stereocenters. The maximum absolute atomic E-state index is 12.4. The summed E-state index contributed by atoms with van der Waals surface area (Å²) in [4.78, 5) is 32.9. The van der Waals surface area contributed by atoms with E-state index in [0.29, 0.717) is 23.9 Å². The highest BCUT2D eigenvalue weighted by Gasteiger charge is 2.14. The van der Waals surface area contributed by atoms with Gasteiger partial charge in [-0.1, -0.05) is 24.3 Å². The Bertz CT molecular complexity index is 1110. The normalized spacial score (nSPS) is 10.9. The van der Waals surface area contributed by atoms with E-state index in [1.165, 1.54) is 0 Å². The molecule has 0 aliphatic carbocycles. The van der Waals surface area contributed by atoms with Crippen LogP contribution in [0.2, 0.25) is 0 Å². The Hall–Kier alpha value is -3.19. The highest BCUT2D eigenvalue weighted by Crippen LogP contribution is 2.25. The minimum absolute atomic E-state index is 0.00629. The number of para-hydroxylation sites is 1. The SMILES string of the molecule is O=C(NCCc1[nH]cnc1-c1cccs1)c1cc2ccccc2oc1=O. The number of nitrogens with zero attached hydrogens (tertiary/aromatic N) is 1. The molecule has 2 N–H and O–H groups in total. The zero-order chi connectivity index (χ0) is 17.9. The second-order valence-corrected chi connectivity index (χ2v) is 6.65. The molecule has 3 heterocycles. The first-order valence-corrected chi connectivity index (χ1v) is 8.97. The maximum Gasteiger partial charge on any atom is 0.349 e. The maximum atomic E-state index is 12.4. The number of imidazole rings is 1. The Balaban J connectivity index is 1.46. The lowest BCUT2D eigenvalue weighted by atomic mass is 10.1. The number of rotatable bonds is 5. The minimum Gasteiger partial charge on any atom is -0.422 e. The van der Waals surface area contributed by atoms with E-state index in [0.717, 1.165) is 16.3 Å². The molecule has 0 unspecified atom stereocenters. The monoisotopic (exact) mass is 365 g/mol. The van der Waals surface area contributed by atoms with Crippen LogP contribution in [0.15, 0.2) is 63.4 Å². The van der Waals surface area contributed by atoms with Crippen LogP contribution in [0.5, 0.6) is 0 Å². The zero-order valence-corrected chi connectivity index (χ0v) is 14.5. The molecule has 0 radical (unpaired) electrons. The molecule has 3 aromatic heterocycles. The van der Waals surface area contributed by atoms with Gasteiger partial charge in [-0.05, 0) is 23.6 Å². The number of H-pyrrole nitrogens is 1. The van der Waals surface area contributed by atoms with Gasteiger partial charge in [-0.2, -0.15) is 0 Å². The van der Waals surface area contributed by atoms with E-state index in [2.05, 4.69) is 15.3 Å². The fourth-order valence-electron chi connectivity index (χ4n) is 2.75. The summed E-state index contributed by atoms with van der Waals surface area (Å²) in [6.07, 6.45) is 2.22. The van der Waals surface area contributed by atoms with E-state index in [1.807, 2.05) is 23.6 Å². The van der Waals surface area contributed by atoms with Gasteiger partial charge in [0.05, 0.1) is 11.2 Å². The lowest BCUT2D eigenvalue weighted by Gasteiger charge is -2.05. The van der Waals surface area contributed by atoms with Crippen molar-refractivity contribution in [2.24, 2.45) is 0 Å². The van der Waals surface area contributed by atoms with Gasteiger partial charge < -0.3 is 14.7 Å². The third kappa shape index (κ3) is 3.16. The highest BCUT2D eigenvalue weighted by molar-refractivity contribution is 7.13. The first-order valence-electron chi connectivity index (χ1n) is 8.09. The van der Waals surface area contributed by atoms with Crippen LogP contribution in [0.4, 0.5) is 0 Å². The van der Waals surface area contributed by atoms with Gasteiger partial charge in [-0.3, -0.25) is 4.79 Å². The van der Waals surface area contributed by atoms with Crippen LogP contribution in [0, 0.1) is 0 Å². The number of thiophene rings is 1. The van der Waals surface area contributed by atoms with E-state index in [4.69, 9.17) is 4.42 Å². The van der Waals surface area contributed by atoms with E-state index >= 15 is 0 Å². The Morgan fingerprint density at radius 3 is 2.96 bits per heavy atom. The van der Waals surface area contributed by atoms with Crippen molar-refractivity contribution in [1.82, 2.24) is 15.3 Å². The van der Waals surface area contributed by atoms with Gasteiger partial charge in [0.25, 0.3) is 5.91 Å². The van der Waals surface area contributed by atoms with Crippen LogP contribution in [0.3, 0.4) is 0 Å². The summed E-state index contributed by atoms with van der Waals surface area (Å²) in [5.41, 5.74) is 1.67. The average molecular weight is 365 g/mol. The van der Waals surface area contributed by atoms with E-state index < -0.39 is 11.5 Å². The standard InChI is InChI=1S/C19H15N3O3S/c23-18(13-10-12-4-1-2-5-15(12)25-19(13)24)20-8-7-14-17(22-11-21-14)16-6-3-9-26-16/h1-6,9-11H,7-8H2,(H,20,23)(H,21,22). The van der Waals surface area contributed by atoms with Gasteiger partial charge >= 0.3 is 5.63 Å². The fraction of sp³-hybridized carbons (Fsp3) is 0.105. The lowest BCUT2D eigenvalue weighted by Crippen LogP contribution is -2.30. The zero-order valence-electron chi connectivity index (χ0n) is 13.7. The van der Waals surface area contributed by atoms with E-state index in [1.54, 1.807) is 41.9 Å². The molecule has 7 heteroatoms. The van der Waals surface area contributed by atoms with Crippen molar-refractivity contribution < 1.29 is 9.21 Å². The molecule has 0 saturated heterocycles. The largest absolute Gasteiger partial charge is 0.422 e. The van der Waals surface area contributed by atoms with Crippen molar-refractivity contribution >= 4 is 28.2 Å². The molecule has 26 heavy (non-hydrogen) atoms. The molecule has 0 saturated carbocycles. The van der Waals surface area contributed by atoms with Crippen molar-refractivity contribution in [3.63, 3.8) is 0 Å². The number of hydrogen-bond donors (Lipinski definition) is 2. The molecule has 0 spiro atoms. The van der Waals surface area contributed by atoms with Gasteiger partial charge in [0, 0.05) is 24.0 Å². The average Bonchev–Trinajstić information content (AvgIpc) is 3.32. The van der Waals surface area contributed by atoms with Crippen LogP contribution in [0.1, 0.15) is 16.1 Å². The van der Waals surface area contributed by atoms with Crippen LogP contribution >= 0.6 is 11.3 Å². The molecule has 1 amide bonds. The predicted octanol–water partition coefficient (Wildman–Crippen LogP) is 3.22. The Morgan fingerprint density at radius 2 is 2.12 bits per heavy atom. The van der Waals surface area contributed by atoms with Gasteiger partial charge in [-0.15, -0.1) is 11.3 Å². The third-order valence-electron chi connectivity index (χ3n) is 4.02. The molecule has 4 aromatic rings. The van der Waals surface area contributed by atoms with Gasteiger partial charge in [0.1, 0.15) is 16.8 Å². The summed E-state index contributed by atoms with van der Waals surface area (Å²) in [5, 5.41) is 5.48. The molecule has 6 nitrogen and oxygen atoms in total. The number of amides is 1. The minimum atomic E-state index is -0.637. The molecule has 4 rings (SSSR count). The van der Waals surface area contributed by atoms with Crippen molar-refractivity contribution in [1.29, 1.82) is 0 Å². The number of nitrogens with one attached hydrogen (secondary N) is 2. The van der Waals surface area contributed by atoms with Crippen LogP contribution < -0.4 is 10.9 Å². The number of aromatic amines is 1. The smallest absolute Gasteiger partial charge is 0.349 e. The topological polar surface area (TPSA) is 88.0 Å². The van der Waals surface area contributed by atoms with Crippen LogP contribution in [0.25, 0.3) is 21.5 Å². The van der Waals surface area contributed by atoms with Crippen molar-refractivity contribution in [2.75, 3.05) is 6.54 Å². The number of carbonyl (C=O) groups is 1. The van der Waals surface area contributed by atoms with E-state index in [9.17, 15) is 9.59 Å². The first-order chi connectivity index (χ1) is 12.7. The summed E-state index contributed by atoms with van der Waals surface area (Å²) in [7, 11) is 0. The molecular formula is C19H15N3O3S. The van der Waals surface area contributed by atoms with Crippen LogP contribution in [-0.2, 0) is 6.42 Å². The molecule has 0 fully saturated rings. The van der Waals surface area contributed by atoms with Gasteiger partial charge in [0.15, 0.2) is 0 Å². The lowest BCUT2D eigenvalue weighted by molar-refractivity contribution is 0.0950. The number of fused-ring (bicyclic) bond motifs is 1. The van der Waals surface area contributed by atoms with E-state index in [-0.39, 0.29) is 5.56 Å². The summed E-state index contributed by atoms with van der Waals surface area (Å²) in [5.74, 6) is -0.443. The molecule has 130 valence electrons. The number of hydrogen-bond acceptors (Lipinski definition) is 5. The number of aromatic nitrogens is 2. The summed E-state index contributed by atoms with van der Waals surface area (Å²) in [6, 6.07) is 12.6. The Morgan fingerprint density at radius 1 is 1.23 bits per heavy atom. The van der Waals surface area contributed by atoms with Gasteiger partial charge in [0.2, 0.25) is 0 Å². The quantitative estimate of drug-likeness (QED) is 0.532. The molecule has 1 aromatic carbocycles. The van der Waals surface area contributed by atoms with Crippen LogP contribution in [-0.4, -0.2) is 22.4 Å². The molecule has 0 aliphatic rings. The highest BCUT2D eigenvalue weighted by atomic mass is 32.1. The summed E-state index contributed by atoms with van der Waals surface area (Å²) < 4.78 is 5.20. The van der Waals surface area contributed by atoms with Crippen molar-refractivity contribution in [3.05, 3.63) is 75.8 Å². The Kier molecular flexibility index (Phi) is 4.37. The summed E-state index contributed by atoms with van der Waals surface area (Å²) in [6.45, 7) is 0.381.